The first-order valence-electron chi connectivity index (χ1n) is 6.16. The lowest BCUT2D eigenvalue weighted by Gasteiger charge is -2.12. The molecule has 0 aliphatic carbocycles. The summed E-state index contributed by atoms with van der Waals surface area (Å²) < 4.78 is 41.0. The van der Waals surface area contributed by atoms with Gasteiger partial charge in [0.15, 0.2) is 5.96 Å². The molecule has 4 nitrogen and oxygen atoms in total. The van der Waals surface area contributed by atoms with E-state index in [-0.39, 0.29) is 30.5 Å². The molecule has 0 radical (unpaired) electrons. The Morgan fingerprint density at radius 2 is 1.89 bits per heavy atom. The van der Waals surface area contributed by atoms with Gasteiger partial charge in [0, 0.05) is 32.8 Å². The first kappa shape index (κ1) is 21.1. The molecule has 0 saturated heterocycles. The number of ether oxygens (including phenoxy) is 1. The fourth-order valence-electron chi connectivity index (χ4n) is 1.17. The quantitative estimate of drug-likeness (QED) is 0.287. The standard InChI is InChI=1S/C11H22F3N3O.HI/c1-3-15-10(16-7-5-9-18-4-2)17-8-6-11(12,13)14;/h3-9H2,1-2H3,(H2,15,16,17);1H. The van der Waals surface area contributed by atoms with Crippen molar-refractivity contribution in [3.63, 3.8) is 0 Å². The Balaban J connectivity index is 0. The maximum atomic E-state index is 12.0. The molecule has 0 rings (SSSR count). The van der Waals surface area contributed by atoms with Gasteiger partial charge < -0.3 is 15.4 Å². The number of hydrogen-bond acceptors (Lipinski definition) is 2. The molecule has 0 spiro atoms. The van der Waals surface area contributed by atoms with Gasteiger partial charge in [0.2, 0.25) is 0 Å². The molecule has 0 aromatic heterocycles. The molecule has 8 heteroatoms. The van der Waals surface area contributed by atoms with E-state index in [9.17, 15) is 13.2 Å². The van der Waals surface area contributed by atoms with Gasteiger partial charge in [0.05, 0.1) is 6.42 Å². The minimum atomic E-state index is -4.14. The molecule has 0 aromatic rings. The third kappa shape index (κ3) is 15.7. The second-order valence-corrected chi connectivity index (χ2v) is 3.60. The number of rotatable bonds is 8. The predicted octanol–water partition coefficient (Wildman–Crippen LogP) is 2.54. The number of guanidine groups is 1. The summed E-state index contributed by atoms with van der Waals surface area (Å²) in [6, 6.07) is 0. The van der Waals surface area contributed by atoms with Crippen LogP contribution in [-0.4, -0.2) is 45.0 Å². The number of aliphatic imine (C=N–C) groups is 1. The van der Waals surface area contributed by atoms with E-state index in [2.05, 4.69) is 15.6 Å². The molecule has 0 heterocycles. The highest BCUT2D eigenvalue weighted by Crippen LogP contribution is 2.17. The topological polar surface area (TPSA) is 45.7 Å². The third-order valence-electron chi connectivity index (χ3n) is 1.97. The Kier molecular flexibility index (Phi) is 14.1. The summed E-state index contributed by atoms with van der Waals surface area (Å²) in [5.41, 5.74) is 0. The van der Waals surface area contributed by atoms with E-state index in [0.29, 0.717) is 32.3 Å². The van der Waals surface area contributed by atoms with Gasteiger partial charge in [0.25, 0.3) is 0 Å². The lowest BCUT2D eigenvalue weighted by molar-refractivity contribution is -0.132. The van der Waals surface area contributed by atoms with Crippen molar-refractivity contribution in [3.8, 4) is 0 Å². The van der Waals surface area contributed by atoms with Crippen molar-refractivity contribution in [3.05, 3.63) is 0 Å². The molecule has 116 valence electrons. The highest BCUT2D eigenvalue weighted by Gasteiger charge is 2.26. The number of nitrogens with zero attached hydrogens (tertiary/aromatic N) is 1. The lowest BCUT2D eigenvalue weighted by atomic mass is 10.4. The van der Waals surface area contributed by atoms with E-state index < -0.39 is 12.6 Å². The highest BCUT2D eigenvalue weighted by atomic mass is 127. The molecule has 2 N–H and O–H groups in total. The maximum absolute atomic E-state index is 12.0. The summed E-state index contributed by atoms with van der Waals surface area (Å²) in [6.45, 7) is 6.02. The zero-order valence-electron chi connectivity index (χ0n) is 11.3. The van der Waals surface area contributed by atoms with Crippen LogP contribution in [0.15, 0.2) is 4.99 Å². The van der Waals surface area contributed by atoms with Crippen LogP contribution in [0.1, 0.15) is 26.7 Å². The van der Waals surface area contributed by atoms with E-state index in [0.717, 1.165) is 6.42 Å². The Bertz CT molecular complexity index is 238. The summed E-state index contributed by atoms with van der Waals surface area (Å²) in [6.07, 6.45) is -4.25. The van der Waals surface area contributed by atoms with Gasteiger partial charge in [-0.25, -0.2) is 0 Å². The second-order valence-electron chi connectivity index (χ2n) is 3.60. The van der Waals surface area contributed by atoms with Crippen LogP contribution >= 0.6 is 24.0 Å². The molecule has 0 saturated carbocycles. The minimum Gasteiger partial charge on any atom is -0.382 e. The van der Waals surface area contributed by atoms with Crippen molar-refractivity contribution in [1.29, 1.82) is 0 Å². The van der Waals surface area contributed by atoms with Crippen LogP contribution in [0.4, 0.5) is 13.2 Å². The number of hydrogen-bond donors (Lipinski definition) is 2. The number of nitrogens with one attached hydrogen (secondary N) is 2. The number of alkyl halides is 3. The average Bonchev–Trinajstić information content (AvgIpc) is 2.27. The van der Waals surface area contributed by atoms with Crippen LogP contribution in [0.5, 0.6) is 0 Å². The summed E-state index contributed by atoms with van der Waals surface area (Å²) in [5.74, 6) is 0.415. The second kappa shape index (κ2) is 12.8. The smallest absolute Gasteiger partial charge is 0.382 e. The average molecular weight is 397 g/mol. The summed E-state index contributed by atoms with van der Waals surface area (Å²) in [4.78, 5) is 4.15. The summed E-state index contributed by atoms with van der Waals surface area (Å²) in [5, 5.41) is 5.54. The van der Waals surface area contributed by atoms with E-state index in [1.165, 1.54) is 0 Å². The molecular formula is C11H23F3IN3O. The van der Waals surface area contributed by atoms with Crippen molar-refractivity contribution >= 4 is 29.9 Å². The number of halogens is 4. The minimum absolute atomic E-state index is 0. The van der Waals surface area contributed by atoms with E-state index >= 15 is 0 Å². The SMILES string of the molecule is CCNC(=NCCCOCC)NCCC(F)(F)F.I. The van der Waals surface area contributed by atoms with E-state index in [1.807, 2.05) is 13.8 Å². The fraction of sp³-hybridized carbons (Fsp3) is 0.909. The molecule has 0 aliphatic rings. The molecule has 0 bridgehead atoms. The molecular weight excluding hydrogens is 374 g/mol. The molecule has 0 fully saturated rings. The molecule has 0 aromatic carbocycles. The molecule has 0 amide bonds. The van der Waals surface area contributed by atoms with Gasteiger partial charge in [-0.1, -0.05) is 0 Å². The third-order valence-corrected chi connectivity index (χ3v) is 1.97. The first-order chi connectivity index (χ1) is 8.49. The van der Waals surface area contributed by atoms with Crippen molar-refractivity contribution in [2.24, 2.45) is 4.99 Å². The van der Waals surface area contributed by atoms with Gasteiger partial charge in [-0.2, -0.15) is 13.2 Å². The van der Waals surface area contributed by atoms with E-state index in [4.69, 9.17) is 4.74 Å². The van der Waals surface area contributed by atoms with Gasteiger partial charge >= 0.3 is 6.18 Å². The van der Waals surface area contributed by atoms with Crippen LogP contribution in [0.3, 0.4) is 0 Å². The van der Waals surface area contributed by atoms with Crippen molar-refractivity contribution in [1.82, 2.24) is 10.6 Å². The van der Waals surface area contributed by atoms with Crippen LogP contribution in [0.25, 0.3) is 0 Å². The normalized spacial score (nSPS) is 11.9. The monoisotopic (exact) mass is 397 g/mol. The Morgan fingerprint density at radius 1 is 1.21 bits per heavy atom. The first-order valence-corrected chi connectivity index (χ1v) is 6.16. The van der Waals surface area contributed by atoms with Gasteiger partial charge in [-0.3, -0.25) is 4.99 Å². The zero-order valence-corrected chi connectivity index (χ0v) is 13.7. The van der Waals surface area contributed by atoms with Crippen molar-refractivity contribution in [2.45, 2.75) is 32.9 Å². The molecule has 0 unspecified atom stereocenters. The van der Waals surface area contributed by atoms with Crippen LogP contribution in [0, 0.1) is 0 Å². The molecule has 0 atom stereocenters. The Morgan fingerprint density at radius 3 is 2.42 bits per heavy atom. The van der Waals surface area contributed by atoms with Gasteiger partial charge in [0.1, 0.15) is 0 Å². The summed E-state index contributed by atoms with van der Waals surface area (Å²) >= 11 is 0. The zero-order chi connectivity index (χ0) is 13.9. The van der Waals surface area contributed by atoms with Crippen LogP contribution < -0.4 is 10.6 Å². The maximum Gasteiger partial charge on any atom is 0.390 e. The summed E-state index contributed by atoms with van der Waals surface area (Å²) in [7, 11) is 0. The van der Waals surface area contributed by atoms with Crippen molar-refractivity contribution < 1.29 is 17.9 Å². The Hall–Kier alpha value is -0.250. The molecule has 0 aliphatic heterocycles. The largest absolute Gasteiger partial charge is 0.390 e. The van der Waals surface area contributed by atoms with Crippen LogP contribution in [-0.2, 0) is 4.74 Å². The predicted molar refractivity (Wildman–Crippen MR) is 81.2 cm³/mol. The van der Waals surface area contributed by atoms with E-state index in [1.54, 1.807) is 0 Å². The fourth-order valence-corrected chi connectivity index (χ4v) is 1.17. The van der Waals surface area contributed by atoms with Crippen molar-refractivity contribution in [2.75, 3.05) is 32.8 Å². The Labute approximate surface area is 129 Å². The van der Waals surface area contributed by atoms with Gasteiger partial charge in [-0.15, -0.1) is 24.0 Å². The highest BCUT2D eigenvalue weighted by molar-refractivity contribution is 14.0. The van der Waals surface area contributed by atoms with Gasteiger partial charge in [-0.05, 0) is 20.3 Å². The lowest BCUT2D eigenvalue weighted by Crippen LogP contribution is -2.39. The molecule has 19 heavy (non-hydrogen) atoms. The van der Waals surface area contributed by atoms with Crippen LogP contribution in [0.2, 0.25) is 0 Å².